The summed E-state index contributed by atoms with van der Waals surface area (Å²) in [6.07, 6.45) is 2.73. The van der Waals surface area contributed by atoms with E-state index in [-0.39, 0.29) is 5.75 Å². The number of carbonyl (C=O) groups excluding carboxylic acids is 1. The van der Waals surface area contributed by atoms with Gasteiger partial charge in [0.05, 0.1) is 18.3 Å². The molecule has 0 aliphatic carbocycles. The summed E-state index contributed by atoms with van der Waals surface area (Å²) >= 11 is 11.9. The van der Waals surface area contributed by atoms with E-state index in [9.17, 15) is 9.90 Å². The Morgan fingerprint density at radius 2 is 2.07 bits per heavy atom. The van der Waals surface area contributed by atoms with Gasteiger partial charge in [0, 0.05) is 10.6 Å². The monoisotopic (exact) mass is 422 g/mol. The summed E-state index contributed by atoms with van der Waals surface area (Å²) in [5, 5.41) is 14.8. The van der Waals surface area contributed by atoms with Gasteiger partial charge in [-0.25, -0.2) is 5.43 Å². The first-order chi connectivity index (χ1) is 13.3. The Morgan fingerprint density at radius 1 is 1.32 bits per heavy atom. The number of aromatic hydroxyl groups is 1. The number of phenols is 1. The maximum Gasteiger partial charge on any atom is 0.280 e. The van der Waals surface area contributed by atoms with Crippen LogP contribution < -0.4 is 14.9 Å². The molecule has 2 N–H and O–H groups in total. The number of allylic oxidation sites excluding steroid dienone is 1. The van der Waals surface area contributed by atoms with E-state index in [1.807, 2.05) is 0 Å². The minimum atomic E-state index is -0.832. The van der Waals surface area contributed by atoms with Gasteiger partial charge in [0.25, 0.3) is 5.91 Å². The highest BCUT2D eigenvalue weighted by atomic mass is 35.5. The fourth-order valence-corrected chi connectivity index (χ4v) is 2.76. The number of hydrogen-bond donors (Lipinski definition) is 2. The molecule has 0 heterocycles. The molecule has 0 aromatic heterocycles. The van der Waals surface area contributed by atoms with E-state index in [0.29, 0.717) is 39.1 Å². The predicted molar refractivity (Wildman–Crippen MR) is 111 cm³/mol. The molecule has 8 heteroatoms. The number of nitrogens with zero attached hydrogens (tertiary/aromatic N) is 1. The van der Waals surface area contributed by atoms with Crippen molar-refractivity contribution in [2.45, 2.75) is 19.4 Å². The summed E-state index contributed by atoms with van der Waals surface area (Å²) in [7, 11) is 1.45. The molecule has 0 saturated carbocycles. The summed E-state index contributed by atoms with van der Waals surface area (Å²) in [5.74, 6) is 0.237. The van der Waals surface area contributed by atoms with Crippen LogP contribution in [0.2, 0.25) is 10.0 Å². The first-order valence-corrected chi connectivity index (χ1v) is 9.06. The van der Waals surface area contributed by atoms with E-state index in [1.165, 1.54) is 19.4 Å². The lowest BCUT2D eigenvalue weighted by molar-refractivity contribution is -0.127. The summed E-state index contributed by atoms with van der Waals surface area (Å²) < 4.78 is 10.7. The molecule has 0 radical (unpaired) electrons. The first-order valence-electron chi connectivity index (χ1n) is 8.31. The number of halogens is 2. The van der Waals surface area contributed by atoms with Crippen LogP contribution in [0.4, 0.5) is 0 Å². The van der Waals surface area contributed by atoms with Gasteiger partial charge in [-0.15, -0.1) is 6.58 Å². The average molecular weight is 423 g/mol. The zero-order chi connectivity index (χ0) is 20.7. The smallest absolute Gasteiger partial charge is 0.280 e. The predicted octanol–water partition coefficient (Wildman–Crippen LogP) is 4.35. The zero-order valence-corrected chi connectivity index (χ0v) is 16.9. The lowest BCUT2D eigenvalue weighted by Crippen LogP contribution is -2.33. The fraction of sp³-hybridized carbons (Fsp3) is 0.200. The number of phenolic OH excluding ortho intramolecular Hbond substituents is 1. The Labute approximate surface area is 173 Å². The standard InChI is InChI=1S/C20H20Cl2N2O4/c1-4-5-14-8-13(9-18(27-3)19(14)25)11-23-24-20(26)12(2)28-17-7-6-15(21)10-16(17)22/h4,6-12,25H,1,5H2,2-3H3,(H,24,26)/b23-11-/t12-/m0/s1. The van der Waals surface area contributed by atoms with Crippen molar-refractivity contribution in [2.24, 2.45) is 5.10 Å². The van der Waals surface area contributed by atoms with Crippen molar-refractivity contribution in [1.29, 1.82) is 0 Å². The SMILES string of the molecule is C=CCc1cc(/C=N\NC(=O)[C@H](C)Oc2ccc(Cl)cc2Cl)cc(OC)c1O. The number of ether oxygens (including phenoxy) is 2. The summed E-state index contributed by atoms with van der Waals surface area (Å²) in [5.41, 5.74) is 3.67. The van der Waals surface area contributed by atoms with Crippen LogP contribution in [0.3, 0.4) is 0 Å². The number of benzene rings is 2. The van der Waals surface area contributed by atoms with Crippen LogP contribution in [0.15, 0.2) is 48.1 Å². The molecule has 0 saturated heterocycles. The van der Waals surface area contributed by atoms with E-state index in [4.69, 9.17) is 32.7 Å². The Hall–Kier alpha value is -2.70. The molecule has 28 heavy (non-hydrogen) atoms. The van der Waals surface area contributed by atoms with Crippen LogP contribution in [-0.2, 0) is 11.2 Å². The number of hydrazone groups is 1. The van der Waals surface area contributed by atoms with Gasteiger partial charge in [0.1, 0.15) is 5.75 Å². The molecule has 1 atom stereocenters. The number of nitrogens with one attached hydrogen (secondary N) is 1. The maximum atomic E-state index is 12.2. The van der Waals surface area contributed by atoms with Crippen LogP contribution >= 0.6 is 23.2 Å². The number of amides is 1. The van der Waals surface area contributed by atoms with Crippen LogP contribution in [0.1, 0.15) is 18.1 Å². The second kappa shape index (κ2) is 10.0. The van der Waals surface area contributed by atoms with Gasteiger partial charge in [-0.05, 0) is 49.2 Å². The van der Waals surface area contributed by atoms with Crippen molar-refractivity contribution in [3.8, 4) is 17.2 Å². The van der Waals surface area contributed by atoms with Gasteiger partial charge < -0.3 is 14.6 Å². The Balaban J connectivity index is 2.04. The third kappa shape index (κ3) is 5.65. The second-order valence-electron chi connectivity index (χ2n) is 5.79. The largest absolute Gasteiger partial charge is 0.504 e. The second-order valence-corrected chi connectivity index (χ2v) is 6.64. The van der Waals surface area contributed by atoms with E-state index in [2.05, 4.69) is 17.1 Å². The number of rotatable bonds is 8. The fourth-order valence-electron chi connectivity index (χ4n) is 2.31. The number of hydrogen-bond acceptors (Lipinski definition) is 5. The zero-order valence-electron chi connectivity index (χ0n) is 15.4. The van der Waals surface area contributed by atoms with Crippen molar-refractivity contribution in [1.82, 2.24) is 5.43 Å². The molecule has 0 aliphatic heterocycles. The lowest BCUT2D eigenvalue weighted by Gasteiger charge is -2.14. The molecule has 0 bridgehead atoms. The van der Waals surface area contributed by atoms with E-state index in [0.717, 1.165) is 0 Å². The van der Waals surface area contributed by atoms with Gasteiger partial charge in [-0.2, -0.15) is 5.10 Å². The van der Waals surface area contributed by atoms with Crippen LogP contribution in [-0.4, -0.2) is 30.4 Å². The molecular weight excluding hydrogens is 403 g/mol. The number of carbonyl (C=O) groups is 1. The Bertz CT molecular complexity index is 900. The molecule has 0 fully saturated rings. The highest BCUT2D eigenvalue weighted by Gasteiger charge is 2.16. The van der Waals surface area contributed by atoms with E-state index in [1.54, 1.807) is 37.3 Å². The van der Waals surface area contributed by atoms with Crippen LogP contribution in [0, 0.1) is 0 Å². The van der Waals surface area contributed by atoms with Crippen molar-refractivity contribution >= 4 is 35.3 Å². The quantitative estimate of drug-likeness (QED) is 0.376. The van der Waals surface area contributed by atoms with Gasteiger partial charge in [-0.1, -0.05) is 29.3 Å². The first kappa shape index (κ1) is 21.6. The van der Waals surface area contributed by atoms with Crippen molar-refractivity contribution < 1.29 is 19.4 Å². The normalized spacial score (nSPS) is 11.9. The van der Waals surface area contributed by atoms with Crippen LogP contribution in [0.25, 0.3) is 0 Å². The van der Waals surface area contributed by atoms with Gasteiger partial charge in [0.2, 0.25) is 0 Å². The molecule has 0 spiro atoms. The summed E-state index contributed by atoms with van der Waals surface area (Å²) in [6.45, 7) is 5.23. The molecular formula is C20H20Cl2N2O4. The maximum absolute atomic E-state index is 12.2. The number of methoxy groups -OCH3 is 1. The third-order valence-electron chi connectivity index (χ3n) is 3.72. The third-order valence-corrected chi connectivity index (χ3v) is 4.25. The van der Waals surface area contributed by atoms with E-state index < -0.39 is 12.0 Å². The van der Waals surface area contributed by atoms with Crippen molar-refractivity contribution in [3.05, 3.63) is 64.2 Å². The molecule has 1 amide bonds. The molecule has 0 aliphatic rings. The topological polar surface area (TPSA) is 80.2 Å². The molecule has 2 rings (SSSR count). The Kier molecular flexibility index (Phi) is 7.72. The van der Waals surface area contributed by atoms with Crippen molar-refractivity contribution in [2.75, 3.05) is 7.11 Å². The van der Waals surface area contributed by atoms with Gasteiger partial charge >= 0.3 is 0 Å². The van der Waals surface area contributed by atoms with Gasteiger partial charge in [0.15, 0.2) is 17.6 Å². The minimum absolute atomic E-state index is 0.0467. The molecule has 148 valence electrons. The lowest BCUT2D eigenvalue weighted by atomic mass is 10.1. The average Bonchev–Trinajstić information content (AvgIpc) is 2.66. The summed E-state index contributed by atoms with van der Waals surface area (Å²) in [4.78, 5) is 12.2. The van der Waals surface area contributed by atoms with Crippen LogP contribution in [0.5, 0.6) is 17.2 Å². The summed E-state index contributed by atoms with van der Waals surface area (Å²) in [6, 6.07) is 8.06. The minimum Gasteiger partial charge on any atom is -0.504 e. The van der Waals surface area contributed by atoms with Gasteiger partial charge in [-0.3, -0.25) is 4.79 Å². The highest BCUT2D eigenvalue weighted by Crippen LogP contribution is 2.31. The molecule has 2 aromatic carbocycles. The highest BCUT2D eigenvalue weighted by molar-refractivity contribution is 6.35. The van der Waals surface area contributed by atoms with E-state index >= 15 is 0 Å². The Morgan fingerprint density at radius 3 is 2.71 bits per heavy atom. The van der Waals surface area contributed by atoms with Crippen molar-refractivity contribution in [3.63, 3.8) is 0 Å². The molecule has 2 aromatic rings. The molecule has 6 nitrogen and oxygen atoms in total. The molecule has 0 unspecified atom stereocenters.